The molecule has 0 aromatic heterocycles. The van der Waals surface area contributed by atoms with Crippen LogP contribution in [-0.4, -0.2) is 44.9 Å². The Morgan fingerprint density at radius 3 is 1.55 bits per heavy atom. The summed E-state index contributed by atoms with van der Waals surface area (Å²) in [6, 6.07) is 23.0. The Bertz CT molecular complexity index is 1270. The first-order chi connectivity index (χ1) is 18.0. The predicted molar refractivity (Wildman–Crippen MR) is 146 cm³/mol. The first-order valence-corrected chi connectivity index (χ1v) is 11.8. The minimum atomic E-state index is -1.21. The van der Waals surface area contributed by atoms with Crippen molar-refractivity contribution in [2.75, 3.05) is 14.1 Å². The van der Waals surface area contributed by atoms with Crippen LogP contribution in [0.1, 0.15) is 37.8 Å². The second-order valence-electron chi connectivity index (χ2n) is 8.66. The molecule has 0 spiro atoms. The molecule has 3 aromatic rings. The lowest BCUT2D eigenvalue weighted by Crippen LogP contribution is -2.25. The normalized spacial score (nSPS) is 12.1. The number of phenolic OH excluding ortho intramolecular Hbond substituents is 1. The summed E-state index contributed by atoms with van der Waals surface area (Å²) in [6.07, 6.45) is 2.11. The first-order valence-electron chi connectivity index (χ1n) is 11.8. The number of nitrogens with zero attached hydrogens (tertiary/aromatic N) is 4. The monoisotopic (exact) mass is 522 g/mol. The van der Waals surface area contributed by atoms with E-state index < -0.39 is 37.6 Å². The van der Waals surface area contributed by atoms with Gasteiger partial charge >= 0.3 is 11.4 Å². The number of rotatable bonds is 9. The Kier molecular flexibility index (Phi) is 10.6. The lowest BCUT2D eigenvalue weighted by atomic mass is 9.89. The average Bonchev–Trinajstić information content (AvgIpc) is 2.89. The lowest BCUT2D eigenvalue weighted by molar-refractivity contribution is -0.404. The Morgan fingerprint density at radius 2 is 1.21 bits per heavy atom. The third-order valence-electron chi connectivity index (χ3n) is 6.00. The second kappa shape index (κ2) is 13.6. The SMILES string of the molecule is CCC(=C(CC(C)N(C)C)c1ccccc1)c1ccccc1.O=[N+]([O-])c1cc([N+](=O)[O-])c(O)c([N+](=O)[O-])c1. The van der Waals surface area contributed by atoms with Crippen LogP contribution in [0.5, 0.6) is 5.75 Å². The molecule has 1 N–H and O–H groups in total. The van der Waals surface area contributed by atoms with Crippen molar-refractivity contribution >= 4 is 28.2 Å². The molecule has 0 fully saturated rings. The largest absolute Gasteiger partial charge is 0.497 e. The third-order valence-corrected chi connectivity index (χ3v) is 6.00. The van der Waals surface area contributed by atoms with Crippen LogP contribution in [0, 0.1) is 30.3 Å². The van der Waals surface area contributed by atoms with Gasteiger partial charge in [-0.1, -0.05) is 67.6 Å². The van der Waals surface area contributed by atoms with Crippen LogP contribution in [0.15, 0.2) is 72.8 Å². The molecule has 0 amide bonds. The van der Waals surface area contributed by atoms with Crippen LogP contribution in [0.2, 0.25) is 0 Å². The van der Waals surface area contributed by atoms with Gasteiger partial charge in [-0.05, 0) is 56.1 Å². The zero-order valence-electron chi connectivity index (χ0n) is 21.6. The van der Waals surface area contributed by atoms with Crippen LogP contribution in [0.25, 0.3) is 11.1 Å². The molecule has 0 heterocycles. The number of benzene rings is 3. The van der Waals surface area contributed by atoms with E-state index in [1.54, 1.807) is 0 Å². The van der Waals surface area contributed by atoms with Crippen molar-refractivity contribution < 1.29 is 19.9 Å². The Labute approximate surface area is 220 Å². The van der Waals surface area contributed by atoms with Gasteiger partial charge in [-0.3, -0.25) is 30.3 Å². The number of aromatic hydroxyl groups is 1. The summed E-state index contributed by atoms with van der Waals surface area (Å²) in [4.78, 5) is 30.1. The van der Waals surface area contributed by atoms with E-state index >= 15 is 0 Å². The van der Waals surface area contributed by atoms with Gasteiger partial charge < -0.3 is 10.0 Å². The number of allylic oxidation sites excluding steroid dienone is 1. The van der Waals surface area contributed by atoms with E-state index in [-0.39, 0.29) is 0 Å². The predicted octanol–water partition coefficient (Wildman–Crippen LogP) is 6.46. The van der Waals surface area contributed by atoms with E-state index in [0.29, 0.717) is 18.2 Å². The summed E-state index contributed by atoms with van der Waals surface area (Å²) in [5, 5.41) is 40.2. The highest BCUT2D eigenvalue weighted by Gasteiger charge is 2.30. The van der Waals surface area contributed by atoms with E-state index in [2.05, 4.69) is 93.5 Å². The molecule has 38 heavy (non-hydrogen) atoms. The number of nitro groups is 3. The topological polar surface area (TPSA) is 153 Å². The van der Waals surface area contributed by atoms with Crippen molar-refractivity contribution in [3.63, 3.8) is 0 Å². The Morgan fingerprint density at radius 1 is 0.789 bits per heavy atom. The fourth-order valence-electron chi connectivity index (χ4n) is 3.74. The van der Waals surface area contributed by atoms with Gasteiger partial charge in [-0.25, -0.2) is 0 Å². The zero-order valence-corrected chi connectivity index (χ0v) is 21.6. The molecular weight excluding hydrogens is 492 g/mol. The molecule has 0 aliphatic rings. The highest BCUT2D eigenvalue weighted by Crippen LogP contribution is 2.39. The molecule has 0 saturated heterocycles. The summed E-state index contributed by atoms with van der Waals surface area (Å²) in [5.41, 5.74) is 2.61. The molecule has 200 valence electrons. The van der Waals surface area contributed by atoms with Crippen molar-refractivity contribution in [1.29, 1.82) is 0 Å². The van der Waals surface area contributed by atoms with E-state index in [1.165, 1.54) is 22.3 Å². The van der Waals surface area contributed by atoms with Crippen LogP contribution in [-0.2, 0) is 0 Å². The minimum absolute atomic E-state index is 0.447. The van der Waals surface area contributed by atoms with Crippen LogP contribution >= 0.6 is 0 Å². The molecule has 0 aliphatic carbocycles. The maximum atomic E-state index is 10.4. The molecule has 0 radical (unpaired) electrons. The molecule has 11 nitrogen and oxygen atoms in total. The Balaban J connectivity index is 0.000000281. The first kappa shape index (κ1) is 29.6. The summed E-state index contributed by atoms with van der Waals surface area (Å²) in [7, 11) is 4.31. The van der Waals surface area contributed by atoms with E-state index in [0.717, 1.165) is 12.8 Å². The molecule has 0 saturated carbocycles. The molecule has 0 aliphatic heterocycles. The minimum Gasteiger partial charge on any atom is -0.497 e. The van der Waals surface area contributed by atoms with Crippen LogP contribution in [0.4, 0.5) is 17.1 Å². The van der Waals surface area contributed by atoms with Crippen LogP contribution < -0.4 is 0 Å². The highest BCUT2D eigenvalue weighted by atomic mass is 16.6. The van der Waals surface area contributed by atoms with Gasteiger partial charge in [0, 0.05) is 6.04 Å². The molecule has 3 rings (SSSR count). The quantitative estimate of drug-likeness (QED) is 0.191. The summed E-state index contributed by atoms with van der Waals surface area (Å²) in [5.74, 6) is -1.21. The molecular formula is C27H30N4O7. The zero-order chi connectivity index (χ0) is 28.4. The maximum Gasteiger partial charge on any atom is 0.324 e. The number of hydrogen-bond donors (Lipinski definition) is 1. The maximum absolute atomic E-state index is 10.4. The lowest BCUT2D eigenvalue weighted by Gasteiger charge is -2.24. The highest BCUT2D eigenvalue weighted by molar-refractivity contribution is 5.91. The van der Waals surface area contributed by atoms with E-state index in [4.69, 9.17) is 5.11 Å². The van der Waals surface area contributed by atoms with Crippen molar-refractivity contribution in [2.24, 2.45) is 0 Å². The fraction of sp³-hybridized carbons (Fsp3) is 0.259. The summed E-state index contributed by atoms with van der Waals surface area (Å²) < 4.78 is 0. The molecule has 0 bridgehead atoms. The summed E-state index contributed by atoms with van der Waals surface area (Å²) >= 11 is 0. The van der Waals surface area contributed by atoms with Gasteiger partial charge in [0.2, 0.25) is 0 Å². The number of hydrogen-bond acceptors (Lipinski definition) is 8. The molecule has 1 unspecified atom stereocenters. The number of non-ortho nitro benzene ring substituents is 1. The van der Waals surface area contributed by atoms with Gasteiger partial charge in [0.1, 0.15) is 0 Å². The second-order valence-corrected chi connectivity index (χ2v) is 8.66. The van der Waals surface area contributed by atoms with Gasteiger partial charge in [-0.15, -0.1) is 0 Å². The van der Waals surface area contributed by atoms with Crippen LogP contribution in [0.3, 0.4) is 0 Å². The van der Waals surface area contributed by atoms with Gasteiger partial charge in [0.15, 0.2) is 0 Å². The standard InChI is InChI=1S/C21H27N.C6H3N3O7/c1-5-20(18-12-8-6-9-13-18)21(16-17(2)22(3)4)19-14-10-7-11-15-19;10-6-4(8(13)14)1-3(7(11)12)2-5(6)9(15)16/h6-15,17H,5,16H2,1-4H3;1-2,10H. The van der Waals surface area contributed by atoms with Gasteiger partial charge in [0.05, 0.1) is 26.9 Å². The summed E-state index contributed by atoms with van der Waals surface area (Å²) in [6.45, 7) is 4.55. The molecule has 3 aromatic carbocycles. The number of nitro benzene ring substituents is 3. The van der Waals surface area contributed by atoms with Gasteiger partial charge in [-0.2, -0.15) is 0 Å². The van der Waals surface area contributed by atoms with Crippen molar-refractivity contribution in [2.45, 2.75) is 32.7 Å². The van der Waals surface area contributed by atoms with Gasteiger partial charge in [0.25, 0.3) is 11.4 Å². The van der Waals surface area contributed by atoms with E-state index in [1.807, 2.05) is 0 Å². The Hall–Kier alpha value is -4.64. The third kappa shape index (κ3) is 7.68. The average molecular weight is 523 g/mol. The molecule has 1 atom stereocenters. The van der Waals surface area contributed by atoms with Crippen molar-refractivity contribution in [3.05, 3.63) is 114 Å². The van der Waals surface area contributed by atoms with Crippen molar-refractivity contribution in [3.8, 4) is 5.75 Å². The number of phenols is 1. The molecule has 11 heteroatoms. The smallest absolute Gasteiger partial charge is 0.324 e. The van der Waals surface area contributed by atoms with E-state index in [9.17, 15) is 30.3 Å². The van der Waals surface area contributed by atoms with Crippen molar-refractivity contribution in [1.82, 2.24) is 4.90 Å². The fourth-order valence-corrected chi connectivity index (χ4v) is 3.74.